The molecule has 0 heterocycles. The van der Waals surface area contributed by atoms with E-state index in [2.05, 4.69) is 36.4 Å². The number of allylic oxidation sites excluding steroid dienone is 1. The highest BCUT2D eigenvalue weighted by molar-refractivity contribution is 5.77. The summed E-state index contributed by atoms with van der Waals surface area (Å²) in [5.74, 6) is 1.45. The first-order chi connectivity index (χ1) is 11.2. The summed E-state index contributed by atoms with van der Waals surface area (Å²) in [5.41, 5.74) is 3.60. The first-order valence-electron chi connectivity index (χ1n) is 8.19. The first kappa shape index (κ1) is 15.5. The van der Waals surface area contributed by atoms with Gasteiger partial charge in [0.05, 0.1) is 0 Å². The zero-order valence-electron chi connectivity index (χ0n) is 13.5. The van der Waals surface area contributed by atoms with Gasteiger partial charge in [-0.2, -0.15) is 0 Å². The minimum Gasteiger partial charge on any atom is -0.489 e. The van der Waals surface area contributed by atoms with Gasteiger partial charge in [-0.15, -0.1) is 0 Å². The maximum Gasteiger partial charge on any atom is 0.130 e. The van der Waals surface area contributed by atoms with Gasteiger partial charge in [-0.1, -0.05) is 48.6 Å². The third kappa shape index (κ3) is 4.10. The lowest BCUT2D eigenvalue weighted by Gasteiger charge is -2.17. The predicted octanol–water partition coefficient (Wildman–Crippen LogP) is 5.14. The average molecular weight is 306 g/mol. The lowest BCUT2D eigenvalue weighted by molar-refractivity contribution is -0.117. The topological polar surface area (TPSA) is 26.3 Å². The van der Waals surface area contributed by atoms with Crippen LogP contribution in [0, 0.1) is 0 Å². The molecular formula is C21H22O2. The number of hydrogen-bond acceptors (Lipinski definition) is 2. The van der Waals surface area contributed by atoms with E-state index in [1.54, 1.807) is 6.92 Å². The standard InChI is InChI=1S/C21H22O2/c1-16(22)13-18-9-5-6-10-19-14-20(11-12-21(18)19)23-15-17-7-3-2-4-8-17/h2-4,6-8,10-12,14,18H,5,9,13,15H2,1H3/t18-/m1/s1. The van der Waals surface area contributed by atoms with Crippen molar-refractivity contribution in [2.24, 2.45) is 0 Å². The van der Waals surface area contributed by atoms with Crippen LogP contribution in [0.1, 0.15) is 48.8 Å². The molecule has 0 saturated heterocycles. The summed E-state index contributed by atoms with van der Waals surface area (Å²) in [4.78, 5) is 11.5. The molecule has 0 amide bonds. The van der Waals surface area contributed by atoms with Gasteiger partial charge in [-0.3, -0.25) is 0 Å². The summed E-state index contributed by atoms with van der Waals surface area (Å²) in [6.07, 6.45) is 7.03. The molecule has 2 nitrogen and oxygen atoms in total. The Bertz CT molecular complexity index is 701. The molecule has 1 aliphatic rings. The summed E-state index contributed by atoms with van der Waals surface area (Å²) >= 11 is 0. The number of carbonyl (C=O) groups excluding carboxylic acids is 1. The van der Waals surface area contributed by atoms with Crippen molar-refractivity contribution in [1.82, 2.24) is 0 Å². The molecule has 118 valence electrons. The highest BCUT2D eigenvalue weighted by Crippen LogP contribution is 2.34. The SMILES string of the molecule is CC(=O)C[C@H]1CCC=Cc2cc(OCc3ccccc3)ccc21. The number of benzene rings is 2. The van der Waals surface area contributed by atoms with Gasteiger partial charge in [0, 0.05) is 6.42 Å². The molecule has 0 bridgehead atoms. The van der Waals surface area contributed by atoms with Gasteiger partial charge in [0.2, 0.25) is 0 Å². The van der Waals surface area contributed by atoms with Gasteiger partial charge in [0.25, 0.3) is 0 Å². The zero-order valence-corrected chi connectivity index (χ0v) is 13.5. The van der Waals surface area contributed by atoms with Crippen molar-refractivity contribution < 1.29 is 9.53 Å². The molecule has 0 N–H and O–H groups in total. The molecule has 0 radical (unpaired) electrons. The van der Waals surface area contributed by atoms with Crippen molar-refractivity contribution in [3.05, 3.63) is 71.3 Å². The Kier molecular flexibility index (Phi) is 4.92. The van der Waals surface area contributed by atoms with Crippen LogP contribution in [0.15, 0.2) is 54.6 Å². The summed E-state index contributed by atoms with van der Waals surface area (Å²) in [6, 6.07) is 16.4. The van der Waals surface area contributed by atoms with Crippen LogP contribution in [-0.4, -0.2) is 5.78 Å². The number of Topliss-reactive ketones (excluding diaryl/α,β-unsaturated/α-hetero) is 1. The van der Waals surface area contributed by atoms with Crippen LogP contribution in [0.2, 0.25) is 0 Å². The summed E-state index contributed by atoms with van der Waals surface area (Å²) in [7, 11) is 0. The van der Waals surface area contributed by atoms with Gasteiger partial charge >= 0.3 is 0 Å². The molecule has 0 saturated carbocycles. The van der Waals surface area contributed by atoms with Crippen molar-refractivity contribution >= 4 is 11.9 Å². The largest absolute Gasteiger partial charge is 0.489 e. The van der Waals surface area contributed by atoms with Gasteiger partial charge < -0.3 is 9.53 Å². The molecule has 0 unspecified atom stereocenters. The number of rotatable bonds is 5. The van der Waals surface area contributed by atoms with E-state index in [9.17, 15) is 4.79 Å². The van der Waals surface area contributed by atoms with E-state index in [1.807, 2.05) is 24.3 Å². The summed E-state index contributed by atoms with van der Waals surface area (Å²) in [5, 5.41) is 0. The molecular weight excluding hydrogens is 284 g/mol. The van der Waals surface area contributed by atoms with Gasteiger partial charge in [0.15, 0.2) is 0 Å². The minimum atomic E-state index is 0.257. The van der Waals surface area contributed by atoms with Crippen molar-refractivity contribution in [3.63, 3.8) is 0 Å². The molecule has 0 fully saturated rings. The minimum absolute atomic E-state index is 0.257. The number of fused-ring (bicyclic) bond motifs is 1. The zero-order chi connectivity index (χ0) is 16.1. The summed E-state index contributed by atoms with van der Waals surface area (Å²) < 4.78 is 5.91. The maximum absolute atomic E-state index is 11.5. The Morgan fingerprint density at radius 1 is 1.17 bits per heavy atom. The van der Waals surface area contributed by atoms with Crippen LogP contribution < -0.4 is 4.74 Å². The normalized spacial score (nSPS) is 16.5. The monoisotopic (exact) mass is 306 g/mol. The smallest absolute Gasteiger partial charge is 0.130 e. The average Bonchev–Trinajstić information content (AvgIpc) is 2.75. The molecule has 1 atom stereocenters. The number of ketones is 1. The lowest BCUT2D eigenvalue weighted by atomic mass is 9.88. The highest BCUT2D eigenvalue weighted by atomic mass is 16.5. The molecule has 2 aromatic carbocycles. The van der Waals surface area contributed by atoms with Gasteiger partial charge in [-0.05, 0) is 54.5 Å². The molecule has 1 aliphatic carbocycles. The second-order valence-corrected chi connectivity index (χ2v) is 6.15. The molecule has 2 aromatic rings. The predicted molar refractivity (Wildman–Crippen MR) is 93.5 cm³/mol. The third-order valence-electron chi connectivity index (χ3n) is 4.26. The lowest BCUT2D eigenvalue weighted by Crippen LogP contribution is -2.05. The van der Waals surface area contributed by atoms with E-state index < -0.39 is 0 Å². The van der Waals surface area contributed by atoms with Crippen LogP contribution in [0.5, 0.6) is 5.75 Å². The molecule has 23 heavy (non-hydrogen) atoms. The van der Waals surface area contributed by atoms with E-state index in [0.29, 0.717) is 18.9 Å². The molecule has 0 aromatic heterocycles. The molecule has 2 heteroatoms. The Balaban J connectivity index is 1.77. The Hall–Kier alpha value is -2.35. The van der Waals surface area contributed by atoms with Crippen molar-refractivity contribution in [1.29, 1.82) is 0 Å². The Morgan fingerprint density at radius 3 is 2.78 bits per heavy atom. The highest BCUT2D eigenvalue weighted by Gasteiger charge is 2.18. The fourth-order valence-corrected chi connectivity index (χ4v) is 3.12. The van der Waals surface area contributed by atoms with E-state index in [1.165, 1.54) is 11.1 Å². The fourth-order valence-electron chi connectivity index (χ4n) is 3.12. The number of carbonyl (C=O) groups is 1. The Labute approximate surface area is 137 Å². The molecule has 3 rings (SSSR count). The van der Waals surface area contributed by atoms with E-state index in [-0.39, 0.29) is 5.78 Å². The number of hydrogen-bond donors (Lipinski definition) is 0. The van der Waals surface area contributed by atoms with Crippen LogP contribution in [0.4, 0.5) is 0 Å². The third-order valence-corrected chi connectivity index (χ3v) is 4.26. The maximum atomic E-state index is 11.5. The second kappa shape index (κ2) is 7.28. The van der Waals surface area contributed by atoms with Gasteiger partial charge in [0.1, 0.15) is 18.1 Å². The first-order valence-corrected chi connectivity index (χ1v) is 8.19. The van der Waals surface area contributed by atoms with Gasteiger partial charge in [-0.25, -0.2) is 0 Å². The van der Waals surface area contributed by atoms with Crippen molar-refractivity contribution in [2.45, 2.75) is 38.7 Å². The summed E-state index contributed by atoms with van der Waals surface area (Å²) in [6.45, 7) is 2.25. The van der Waals surface area contributed by atoms with E-state index in [0.717, 1.165) is 24.2 Å². The fraction of sp³-hybridized carbons (Fsp3) is 0.286. The number of ether oxygens (including phenoxy) is 1. The van der Waals surface area contributed by atoms with Crippen LogP contribution >= 0.6 is 0 Å². The van der Waals surface area contributed by atoms with E-state index in [4.69, 9.17) is 4.74 Å². The van der Waals surface area contributed by atoms with Crippen LogP contribution in [-0.2, 0) is 11.4 Å². The second-order valence-electron chi connectivity index (χ2n) is 6.15. The van der Waals surface area contributed by atoms with Crippen LogP contribution in [0.25, 0.3) is 6.08 Å². The molecule has 0 spiro atoms. The Morgan fingerprint density at radius 2 is 2.00 bits per heavy atom. The van der Waals surface area contributed by atoms with Crippen molar-refractivity contribution in [2.75, 3.05) is 0 Å². The van der Waals surface area contributed by atoms with E-state index >= 15 is 0 Å². The van der Waals surface area contributed by atoms with Crippen molar-refractivity contribution in [3.8, 4) is 5.75 Å². The van der Waals surface area contributed by atoms with Crippen LogP contribution in [0.3, 0.4) is 0 Å². The molecule has 0 aliphatic heterocycles. The quantitative estimate of drug-likeness (QED) is 0.765.